The molecule has 1 aliphatic heterocycles. The number of carbonyl (C=O) groups excluding carboxylic acids is 1. The number of rotatable bonds is 6. The number of aliphatic hydroxyl groups excluding tert-OH is 1. The molecule has 1 saturated heterocycles. The molecular weight excluding hydrogens is 256 g/mol. The van der Waals surface area contributed by atoms with Gasteiger partial charge in [0.2, 0.25) is 0 Å². The van der Waals surface area contributed by atoms with Crippen molar-refractivity contribution < 1.29 is 29.3 Å². The quantitative estimate of drug-likeness (QED) is 0.567. The van der Waals surface area contributed by atoms with Crippen LogP contribution >= 0.6 is 0 Å². The first-order chi connectivity index (χ1) is 9.06. The van der Waals surface area contributed by atoms with Crippen LogP contribution < -0.4 is 5.32 Å². The van der Waals surface area contributed by atoms with Crippen molar-refractivity contribution in [2.24, 2.45) is 0 Å². The molecule has 2 atom stereocenters. The summed E-state index contributed by atoms with van der Waals surface area (Å²) in [5.74, 6) is -0.979. The van der Waals surface area contributed by atoms with Gasteiger partial charge in [-0.15, -0.1) is 0 Å². The van der Waals surface area contributed by atoms with E-state index in [1.807, 2.05) is 0 Å². The SMILES string of the molecule is COC(CNC(=O)N1CCOC(CO)C1)CC(=O)O. The van der Waals surface area contributed by atoms with Gasteiger partial charge in [-0.2, -0.15) is 0 Å². The summed E-state index contributed by atoms with van der Waals surface area (Å²) in [6.45, 7) is 1.13. The number of hydrogen-bond donors (Lipinski definition) is 3. The zero-order valence-electron chi connectivity index (χ0n) is 10.9. The molecule has 0 saturated carbocycles. The molecule has 0 radical (unpaired) electrons. The predicted octanol–water partition coefficient (Wildman–Crippen LogP) is -1.12. The number of amides is 2. The van der Waals surface area contributed by atoms with E-state index in [2.05, 4.69) is 5.32 Å². The first-order valence-electron chi connectivity index (χ1n) is 6.06. The number of ether oxygens (including phenoxy) is 2. The third-order valence-electron chi connectivity index (χ3n) is 2.85. The number of nitrogens with zero attached hydrogens (tertiary/aromatic N) is 1. The van der Waals surface area contributed by atoms with E-state index in [1.165, 1.54) is 12.0 Å². The zero-order chi connectivity index (χ0) is 14.3. The number of aliphatic hydroxyl groups is 1. The second kappa shape index (κ2) is 7.93. The van der Waals surface area contributed by atoms with Gasteiger partial charge in [0.05, 0.1) is 38.4 Å². The second-order valence-corrected chi connectivity index (χ2v) is 4.26. The molecule has 0 aromatic carbocycles. The number of urea groups is 1. The van der Waals surface area contributed by atoms with E-state index in [-0.39, 0.29) is 31.7 Å². The largest absolute Gasteiger partial charge is 0.481 e. The minimum Gasteiger partial charge on any atom is -0.481 e. The Balaban J connectivity index is 2.35. The van der Waals surface area contributed by atoms with E-state index in [0.29, 0.717) is 19.7 Å². The summed E-state index contributed by atoms with van der Waals surface area (Å²) in [5.41, 5.74) is 0. The lowest BCUT2D eigenvalue weighted by molar-refractivity contribution is -0.139. The molecule has 0 spiro atoms. The number of aliphatic carboxylic acids is 1. The van der Waals surface area contributed by atoms with E-state index in [1.54, 1.807) is 0 Å². The van der Waals surface area contributed by atoms with E-state index < -0.39 is 12.1 Å². The molecule has 1 fully saturated rings. The summed E-state index contributed by atoms with van der Waals surface area (Å²) in [6.07, 6.45) is -1.09. The average Bonchev–Trinajstić information content (AvgIpc) is 2.42. The maximum atomic E-state index is 11.8. The highest BCUT2D eigenvalue weighted by Crippen LogP contribution is 2.05. The van der Waals surface area contributed by atoms with Gasteiger partial charge in [0.15, 0.2) is 0 Å². The summed E-state index contributed by atoms with van der Waals surface area (Å²) >= 11 is 0. The lowest BCUT2D eigenvalue weighted by Crippen LogP contribution is -2.51. The monoisotopic (exact) mass is 276 g/mol. The molecule has 2 unspecified atom stereocenters. The molecule has 1 rings (SSSR count). The smallest absolute Gasteiger partial charge is 0.317 e. The van der Waals surface area contributed by atoms with Crippen molar-refractivity contribution in [3.63, 3.8) is 0 Å². The predicted molar refractivity (Wildman–Crippen MR) is 64.8 cm³/mol. The number of methoxy groups -OCH3 is 1. The van der Waals surface area contributed by atoms with Crippen LogP contribution in [0.5, 0.6) is 0 Å². The minimum atomic E-state index is -0.979. The number of morpholine rings is 1. The minimum absolute atomic E-state index is 0.128. The van der Waals surface area contributed by atoms with Gasteiger partial charge >= 0.3 is 12.0 Å². The van der Waals surface area contributed by atoms with Gasteiger partial charge in [-0.05, 0) is 0 Å². The number of hydrogen-bond acceptors (Lipinski definition) is 5. The third kappa shape index (κ3) is 5.41. The fourth-order valence-electron chi connectivity index (χ4n) is 1.76. The van der Waals surface area contributed by atoms with Crippen molar-refractivity contribution in [3.05, 3.63) is 0 Å². The van der Waals surface area contributed by atoms with Crippen LogP contribution in [0.3, 0.4) is 0 Å². The van der Waals surface area contributed by atoms with Crippen LogP contribution in [0.25, 0.3) is 0 Å². The summed E-state index contributed by atoms with van der Waals surface area (Å²) in [7, 11) is 1.40. The number of carbonyl (C=O) groups is 2. The first-order valence-corrected chi connectivity index (χ1v) is 6.06. The molecule has 1 heterocycles. The zero-order valence-corrected chi connectivity index (χ0v) is 10.9. The van der Waals surface area contributed by atoms with Crippen LogP contribution in [0.1, 0.15) is 6.42 Å². The molecule has 0 aromatic rings. The maximum Gasteiger partial charge on any atom is 0.317 e. The van der Waals surface area contributed by atoms with Crippen molar-refractivity contribution in [3.8, 4) is 0 Å². The van der Waals surface area contributed by atoms with Crippen LogP contribution in [-0.2, 0) is 14.3 Å². The van der Waals surface area contributed by atoms with Crippen molar-refractivity contribution in [2.45, 2.75) is 18.6 Å². The van der Waals surface area contributed by atoms with Gasteiger partial charge in [0.25, 0.3) is 0 Å². The van der Waals surface area contributed by atoms with Crippen LogP contribution in [0.4, 0.5) is 4.79 Å². The Morgan fingerprint density at radius 1 is 1.58 bits per heavy atom. The van der Waals surface area contributed by atoms with E-state index in [0.717, 1.165) is 0 Å². The Hall–Kier alpha value is -1.38. The topological polar surface area (TPSA) is 108 Å². The summed E-state index contributed by atoms with van der Waals surface area (Å²) in [6, 6.07) is -0.311. The van der Waals surface area contributed by atoms with Crippen molar-refractivity contribution in [1.29, 1.82) is 0 Å². The molecule has 110 valence electrons. The average molecular weight is 276 g/mol. The summed E-state index contributed by atoms with van der Waals surface area (Å²) in [5, 5.41) is 20.2. The van der Waals surface area contributed by atoms with Gasteiger partial charge in [0.1, 0.15) is 0 Å². The molecule has 8 nitrogen and oxygen atoms in total. The van der Waals surface area contributed by atoms with E-state index >= 15 is 0 Å². The van der Waals surface area contributed by atoms with Gasteiger partial charge in [0, 0.05) is 20.2 Å². The lowest BCUT2D eigenvalue weighted by Gasteiger charge is -2.32. The van der Waals surface area contributed by atoms with E-state index in [9.17, 15) is 9.59 Å². The Bertz CT molecular complexity index is 312. The van der Waals surface area contributed by atoms with Gasteiger partial charge in [-0.25, -0.2) is 4.79 Å². The molecule has 2 amide bonds. The van der Waals surface area contributed by atoms with Crippen LogP contribution in [0.15, 0.2) is 0 Å². The van der Waals surface area contributed by atoms with Gasteiger partial charge in [-0.3, -0.25) is 4.79 Å². The molecule has 8 heteroatoms. The molecule has 0 bridgehead atoms. The highest BCUT2D eigenvalue weighted by Gasteiger charge is 2.24. The fourth-order valence-corrected chi connectivity index (χ4v) is 1.76. The first kappa shape index (κ1) is 15.7. The second-order valence-electron chi connectivity index (χ2n) is 4.26. The van der Waals surface area contributed by atoms with Crippen LogP contribution in [0, 0.1) is 0 Å². The van der Waals surface area contributed by atoms with Crippen LogP contribution in [0.2, 0.25) is 0 Å². The molecule has 1 aliphatic rings. The van der Waals surface area contributed by atoms with Crippen molar-refractivity contribution >= 4 is 12.0 Å². The highest BCUT2D eigenvalue weighted by molar-refractivity contribution is 5.74. The molecule has 3 N–H and O–H groups in total. The van der Waals surface area contributed by atoms with Crippen LogP contribution in [-0.4, -0.2) is 79.3 Å². The van der Waals surface area contributed by atoms with E-state index in [4.69, 9.17) is 19.7 Å². The maximum absolute atomic E-state index is 11.8. The Morgan fingerprint density at radius 2 is 2.32 bits per heavy atom. The van der Waals surface area contributed by atoms with Crippen molar-refractivity contribution in [1.82, 2.24) is 10.2 Å². The summed E-state index contributed by atoms with van der Waals surface area (Å²) < 4.78 is 10.2. The Morgan fingerprint density at radius 3 is 2.89 bits per heavy atom. The molecule has 0 aliphatic carbocycles. The standard InChI is InChI=1S/C11H20N2O6/c1-18-8(4-10(15)16)5-12-11(17)13-2-3-19-9(6-13)7-14/h8-9,14H,2-7H2,1H3,(H,12,17)(H,15,16). The highest BCUT2D eigenvalue weighted by atomic mass is 16.5. The number of carboxylic acids is 1. The normalized spacial score (nSPS) is 20.9. The van der Waals surface area contributed by atoms with Gasteiger partial charge < -0.3 is 29.9 Å². The lowest BCUT2D eigenvalue weighted by atomic mass is 10.2. The molecule has 19 heavy (non-hydrogen) atoms. The Kier molecular flexibility index (Phi) is 6.54. The van der Waals surface area contributed by atoms with Gasteiger partial charge in [-0.1, -0.05) is 0 Å². The molecular formula is C11H20N2O6. The summed E-state index contributed by atoms with van der Waals surface area (Å²) in [4.78, 5) is 23.9. The molecule has 0 aromatic heterocycles. The number of carboxylic acid groups (broad SMARTS) is 1. The number of nitrogens with one attached hydrogen (secondary N) is 1. The third-order valence-corrected chi connectivity index (χ3v) is 2.85. The Labute approximate surface area is 111 Å². The van der Waals surface area contributed by atoms with Crippen molar-refractivity contribution in [2.75, 3.05) is 40.0 Å². The fraction of sp³-hybridized carbons (Fsp3) is 0.818.